The van der Waals surface area contributed by atoms with Crippen LogP contribution in [0.4, 0.5) is 5.69 Å². The number of benzene rings is 2. The molecule has 3 aromatic rings. The molecule has 1 N–H and O–H groups in total. The molecule has 8 heteroatoms. The third-order valence-electron chi connectivity index (χ3n) is 4.56. The van der Waals surface area contributed by atoms with Gasteiger partial charge in [0.1, 0.15) is 5.57 Å². The van der Waals surface area contributed by atoms with E-state index in [1.165, 1.54) is 15.7 Å². The van der Waals surface area contributed by atoms with Gasteiger partial charge in [-0.3, -0.25) is 24.1 Å². The molecule has 1 fully saturated rings. The lowest BCUT2D eigenvalue weighted by Gasteiger charge is -2.14. The van der Waals surface area contributed by atoms with Crippen molar-refractivity contribution in [2.45, 2.75) is 0 Å². The molecule has 0 unspecified atom stereocenters. The fourth-order valence-electron chi connectivity index (χ4n) is 3.13. The molecule has 1 aliphatic rings. The molecule has 1 aliphatic heterocycles. The molecule has 4 rings (SSSR count). The Labute approximate surface area is 162 Å². The Hall–Kier alpha value is -3.13. The molecule has 2 heterocycles. The highest BCUT2D eigenvalue weighted by Crippen LogP contribution is 2.25. The van der Waals surface area contributed by atoms with E-state index in [2.05, 4.69) is 21.4 Å². The average Bonchev–Trinajstić information content (AvgIpc) is 3.05. The van der Waals surface area contributed by atoms with Crippen LogP contribution in [0.3, 0.4) is 0 Å². The number of hydrazine groups is 1. The molecule has 1 saturated heterocycles. The fraction of sp³-hybridized carbons (Fsp3) is 0.105. The largest absolute Gasteiger partial charge is 0.328 e. The lowest BCUT2D eigenvalue weighted by atomic mass is 10.1. The molecule has 0 bridgehead atoms. The first-order chi connectivity index (χ1) is 12.9. The van der Waals surface area contributed by atoms with Gasteiger partial charge in [0.15, 0.2) is 0 Å². The zero-order valence-electron chi connectivity index (χ0n) is 14.6. The number of hydrogen-bond acceptors (Lipinski definition) is 3. The Kier molecular flexibility index (Phi) is 4.00. The smallest absolute Gasteiger partial charge is 0.295 e. The maximum absolute atomic E-state index is 12.7. The monoisotopic (exact) mass is 426 g/mol. The standard InChI is InChI=1S/C19H15BrN4O3/c1-22-15-7-6-11(9-16(15)23(2)19(22)27)8-14-17(25)21-24(18(14)26)13-5-3-4-12(20)10-13/h3-10H,1-2H3,(H,21,25)/b14-8-. The van der Waals surface area contributed by atoms with E-state index < -0.39 is 11.8 Å². The van der Waals surface area contributed by atoms with Crippen molar-refractivity contribution < 1.29 is 9.59 Å². The van der Waals surface area contributed by atoms with Crippen LogP contribution in [0.5, 0.6) is 0 Å². The number of aromatic nitrogens is 2. The van der Waals surface area contributed by atoms with Gasteiger partial charge in [-0.2, -0.15) is 0 Å². The van der Waals surface area contributed by atoms with Gasteiger partial charge in [0.25, 0.3) is 11.8 Å². The third kappa shape index (κ3) is 2.78. The topological polar surface area (TPSA) is 76.3 Å². The van der Waals surface area contributed by atoms with E-state index in [0.717, 1.165) is 15.5 Å². The number of halogens is 1. The third-order valence-corrected chi connectivity index (χ3v) is 5.06. The first-order valence-corrected chi connectivity index (χ1v) is 8.94. The van der Waals surface area contributed by atoms with Crippen LogP contribution < -0.4 is 16.1 Å². The quantitative estimate of drug-likeness (QED) is 0.503. The van der Waals surface area contributed by atoms with Crippen LogP contribution in [0.2, 0.25) is 0 Å². The predicted molar refractivity (Wildman–Crippen MR) is 106 cm³/mol. The van der Waals surface area contributed by atoms with Gasteiger partial charge in [-0.1, -0.05) is 28.1 Å². The molecular formula is C19H15BrN4O3. The molecular weight excluding hydrogens is 412 g/mol. The number of nitrogens with zero attached hydrogens (tertiary/aromatic N) is 3. The molecule has 2 aromatic carbocycles. The number of hydrogen-bond donors (Lipinski definition) is 1. The highest BCUT2D eigenvalue weighted by atomic mass is 79.9. The highest BCUT2D eigenvalue weighted by molar-refractivity contribution is 9.10. The van der Waals surface area contributed by atoms with Gasteiger partial charge in [0.05, 0.1) is 16.7 Å². The van der Waals surface area contributed by atoms with Crippen molar-refractivity contribution >= 4 is 50.5 Å². The average molecular weight is 427 g/mol. The number of aryl methyl sites for hydroxylation is 2. The number of anilines is 1. The predicted octanol–water partition coefficient (Wildman–Crippen LogP) is 2.10. The second kappa shape index (κ2) is 6.24. The number of rotatable bonds is 2. The minimum absolute atomic E-state index is 0.0373. The van der Waals surface area contributed by atoms with E-state index in [1.807, 2.05) is 6.07 Å². The van der Waals surface area contributed by atoms with Gasteiger partial charge >= 0.3 is 5.69 Å². The van der Waals surface area contributed by atoms with Crippen LogP contribution in [0.25, 0.3) is 17.1 Å². The Morgan fingerprint density at radius 2 is 1.70 bits per heavy atom. The van der Waals surface area contributed by atoms with Crippen LogP contribution in [0.15, 0.2) is 57.3 Å². The number of nitrogens with one attached hydrogen (secondary N) is 1. The zero-order valence-corrected chi connectivity index (χ0v) is 16.1. The summed E-state index contributed by atoms with van der Waals surface area (Å²) in [6, 6.07) is 12.5. The molecule has 0 aliphatic carbocycles. The van der Waals surface area contributed by atoms with Gasteiger partial charge < -0.3 is 0 Å². The number of fused-ring (bicyclic) bond motifs is 1. The van der Waals surface area contributed by atoms with Crippen LogP contribution in [-0.2, 0) is 23.7 Å². The summed E-state index contributed by atoms with van der Waals surface area (Å²) >= 11 is 3.36. The summed E-state index contributed by atoms with van der Waals surface area (Å²) in [6.45, 7) is 0. The van der Waals surface area contributed by atoms with Gasteiger partial charge in [-0.15, -0.1) is 0 Å². The second-order valence-electron chi connectivity index (χ2n) is 6.27. The van der Waals surface area contributed by atoms with Crippen molar-refractivity contribution in [1.82, 2.24) is 14.6 Å². The minimum atomic E-state index is -0.470. The molecule has 0 radical (unpaired) electrons. The maximum atomic E-state index is 12.7. The van der Waals surface area contributed by atoms with Crippen LogP contribution in [0.1, 0.15) is 5.56 Å². The zero-order chi connectivity index (χ0) is 19.3. The van der Waals surface area contributed by atoms with E-state index >= 15 is 0 Å². The van der Waals surface area contributed by atoms with Crippen LogP contribution in [0, 0.1) is 0 Å². The van der Waals surface area contributed by atoms with E-state index in [4.69, 9.17) is 0 Å². The fourth-order valence-corrected chi connectivity index (χ4v) is 3.52. The van der Waals surface area contributed by atoms with Gasteiger partial charge in [-0.25, -0.2) is 9.80 Å². The van der Waals surface area contributed by atoms with Crippen molar-refractivity contribution in [3.63, 3.8) is 0 Å². The lowest BCUT2D eigenvalue weighted by molar-refractivity contribution is -0.117. The van der Waals surface area contributed by atoms with E-state index in [9.17, 15) is 14.4 Å². The van der Waals surface area contributed by atoms with Gasteiger partial charge in [0, 0.05) is 18.6 Å². The summed E-state index contributed by atoms with van der Waals surface area (Å²) in [7, 11) is 3.39. The number of amides is 2. The Balaban J connectivity index is 1.75. The summed E-state index contributed by atoms with van der Waals surface area (Å²) in [5.41, 5.74) is 5.21. The van der Waals surface area contributed by atoms with Crippen molar-refractivity contribution in [2.24, 2.45) is 14.1 Å². The van der Waals surface area contributed by atoms with Crippen molar-refractivity contribution in [3.05, 3.63) is 68.6 Å². The normalized spacial score (nSPS) is 15.8. The lowest BCUT2D eigenvalue weighted by Crippen LogP contribution is -2.35. The van der Waals surface area contributed by atoms with Crippen molar-refractivity contribution in [2.75, 3.05) is 5.01 Å². The molecule has 0 spiro atoms. The highest BCUT2D eigenvalue weighted by Gasteiger charge is 2.34. The molecule has 136 valence electrons. The first-order valence-electron chi connectivity index (χ1n) is 8.15. The number of imidazole rings is 1. The van der Waals surface area contributed by atoms with E-state index in [-0.39, 0.29) is 11.3 Å². The Morgan fingerprint density at radius 3 is 2.44 bits per heavy atom. The summed E-state index contributed by atoms with van der Waals surface area (Å²) in [5.74, 6) is -0.901. The Bertz CT molecular complexity index is 1210. The Morgan fingerprint density at radius 1 is 0.963 bits per heavy atom. The van der Waals surface area contributed by atoms with E-state index in [0.29, 0.717) is 11.3 Å². The second-order valence-corrected chi connectivity index (χ2v) is 7.18. The molecule has 1 aromatic heterocycles. The summed E-state index contributed by atoms with van der Waals surface area (Å²) < 4.78 is 3.88. The first kappa shape index (κ1) is 17.3. The summed E-state index contributed by atoms with van der Waals surface area (Å²) in [4.78, 5) is 37.1. The van der Waals surface area contributed by atoms with Crippen molar-refractivity contribution in [3.8, 4) is 0 Å². The molecule has 0 saturated carbocycles. The summed E-state index contributed by atoms with van der Waals surface area (Å²) in [5, 5.41) is 1.22. The molecule has 0 atom stereocenters. The van der Waals surface area contributed by atoms with Gasteiger partial charge in [-0.05, 0) is 42.0 Å². The van der Waals surface area contributed by atoms with Crippen LogP contribution >= 0.6 is 15.9 Å². The number of carbonyl (C=O) groups is 2. The molecule has 2 amide bonds. The minimum Gasteiger partial charge on any atom is -0.295 e. The van der Waals surface area contributed by atoms with E-state index in [1.54, 1.807) is 55.1 Å². The maximum Gasteiger partial charge on any atom is 0.328 e. The van der Waals surface area contributed by atoms with Crippen LogP contribution in [-0.4, -0.2) is 20.9 Å². The van der Waals surface area contributed by atoms with Gasteiger partial charge in [0.2, 0.25) is 0 Å². The van der Waals surface area contributed by atoms with Crippen molar-refractivity contribution in [1.29, 1.82) is 0 Å². The molecule has 7 nitrogen and oxygen atoms in total. The number of carbonyl (C=O) groups excluding carboxylic acids is 2. The SMILES string of the molecule is Cn1c(=O)n(C)c2cc(/C=C3/C(=O)NN(c4cccc(Br)c4)C3=O)ccc21. The molecule has 27 heavy (non-hydrogen) atoms. The summed E-state index contributed by atoms with van der Waals surface area (Å²) in [6.07, 6.45) is 1.53.